The summed E-state index contributed by atoms with van der Waals surface area (Å²) in [5.74, 6) is -0.839. The van der Waals surface area contributed by atoms with Crippen LogP contribution in [0.15, 0.2) is 72.8 Å². The minimum Gasteiger partial charge on any atom is -0.496 e. The zero-order valence-electron chi connectivity index (χ0n) is 16.7. The normalized spacial score (nSPS) is 17.8. The van der Waals surface area contributed by atoms with Gasteiger partial charge in [0, 0.05) is 18.5 Å². The van der Waals surface area contributed by atoms with Crippen LogP contribution in [-0.2, 0) is 23.2 Å². The van der Waals surface area contributed by atoms with E-state index in [2.05, 4.69) is 5.32 Å². The van der Waals surface area contributed by atoms with Crippen molar-refractivity contribution >= 4 is 11.8 Å². The van der Waals surface area contributed by atoms with Crippen molar-refractivity contribution in [3.63, 3.8) is 0 Å². The van der Waals surface area contributed by atoms with Crippen LogP contribution in [0.25, 0.3) is 0 Å². The van der Waals surface area contributed by atoms with Gasteiger partial charge in [0.25, 0.3) is 0 Å². The van der Waals surface area contributed by atoms with E-state index in [4.69, 9.17) is 4.74 Å². The van der Waals surface area contributed by atoms with Crippen LogP contribution in [0.1, 0.15) is 32.6 Å². The maximum atomic E-state index is 14.0. The number of nitrogens with one attached hydrogen (secondary N) is 1. The molecule has 3 aromatic rings. The Morgan fingerprint density at radius 2 is 1.73 bits per heavy atom. The molecule has 5 nitrogen and oxygen atoms in total. The van der Waals surface area contributed by atoms with Crippen molar-refractivity contribution in [3.8, 4) is 5.75 Å². The summed E-state index contributed by atoms with van der Waals surface area (Å²) >= 11 is 0. The summed E-state index contributed by atoms with van der Waals surface area (Å²) in [5.41, 5.74) is 1.78. The molecule has 0 radical (unpaired) electrons. The quantitative estimate of drug-likeness (QED) is 0.660. The van der Waals surface area contributed by atoms with Gasteiger partial charge in [-0.3, -0.25) is 10.1 Å². The lowest BCUT2D eigenvalue weighted by Gasteiger charge is -2.41. The number of methoxy groups -OCH3 is 1. The smallest absolute Gasteiger partial charge is 0.336 e. The topological polar surface area (TPSA) is 75.6 Å². The largest absolute Gasteiger partial charge is 0.496 e. The molecule has 30 heavy (non-hydrogen) atoms. The molecule has 0 saturated heterocycles. The van der Waals surface area contributed by atoms with Crippen molar-refractivity contribution in [2.45, 2.75) is 18.4 Å². The molecule has 1 aliphatic heterocycles. The molecule has 1 atom stereocenters. The third kappa shape index (κ3) is 3.27. The highest BCUT2D eigenvalue weighted by Gasteiger charge is 2.48. The van der Waals surface area contributed by atoms with Crippen LogP contribution in [0.4, 0.5) is 0 Å². The van der Waals surface area contributed by atoms with Crippen LogP contribution in [0, 0.1) is 0 Å². The number of carbonyl (C=O) groups is 2. The number of ether oxygens (including phenoxy) is 1. The van der Waals surface area contributed by atoms with Crippen molar-refractivity contribution in [2.24, 2.45) is 0 Å². The predicted molar refractivity (Wildman–Crippen MR) is 114 cm³/mol. The van der Waals surface area contributed by atoms with Crippen molar-refractivity contribution in [1.82, 2.24) is 5.32 Å². The molecule has 1 aliphatic rings. The number of Topliss-reactive ketones (excluding diaryl/α,β-unsaturated/α-hetero) is 1. The number of carbonyl (C=O) groups excluding carboxylic acids is 1. The highest BCUT2D eigenvalue weighted by Crippen LogP contribution is 2.42. The number of hydrogen-bond acceptors (Lipinski definition) is 4. The average molecular weight is 401 g/mol. The molecule has 0 amide bonds. The summed E-state index contributed by atoms with van der Waals surface area (Å²) in [5, 5.41) is 13.4. The Balaban J connectivity index is 2.00. The first-order valence-electron chi connectivity index (χ1n) is 9.89. The Labute approximate surface area is 175 Å². The molecule has 1 heterocycles. The summed E-state index contributed by atoms with van der Waals surface area (Å²) < 4.78 is 5.57. The summed E-state index contributed by atoms with van der Waals surface area (Å²) in [4.78, 5) is 26.2. The number of ketones is 1. The highest BCUT2D eigenvalue weighted by molar-refractivity contribution is 6.01. The second-order valence-corrected chi connectivity index (χ2v) is 7.36. The summed E-state index contributed by atoms with van der Waals surface area (Å²) in [7, 11) is 1.49. The fourth-order valence-electron chi connectivity index (χ4n) is 4.38. The Kier molecular flexibility index (Phi) is 5.38. The second kappa shape index (κ2) is 8.13. The zero-order valence-corrected chi connectivity index (χ0v) is 16.7. The number of hydrogen-bond donors (Lipinski definition) is 2. The van der Waals surface area contributed by atoms with Gasteiger partial charge in [0.05, 0.1) is 12.7 Å². The maximum Gasteiger partial charge on any atom is 0.336 e. The molecule has 0 saturated carbocycles. The highest BCUT2D eigenvalue weighted by atomic mass is 16.5. The van der Waals surface area contributed by atoms with E-state index in [1.807, 2.05) is 54.6 Å². The first-order chi connectivity index (χ1) is 14.6. The van der Waals surface area contributed by atoms with E-state index in [0.717, 1.165) is 23.1 Å². The Morgan fingerprint density at radius 3 is 2.47 bits per heavy atom. The van der Waals surface area contributed by atoms with E-state index in [0.29, 0.717) is 17.9 Å². The van der Waals surface area contributed by atoms with Gasteiger partial charge in [-0.1, -0.05) is 60.7 Å². The van der Waals surface area contributed by atoms with Gasteiger partial charge < -0.3 is 9.84 Å². The summed E-state index contributed by atoms with van der Waals surface area (Å²) in [6.45, 7) is 0.550. The molecular weight excluding hydrogens is 378 g/mol. The summed E-state index contributed by atoms with van der Waals surface area (Å²) in [6, 6.07) is 22.1. The molecule has 0 aliphatic carbocycles. The third-order valence-electron chi connectivity index (χ3n) is 5.68. The molecule has 0 aromatic heterocycles. The first-order valence-corrected chi connectivity index (χ1v) is 9.89. The van der Waals surface area contributed by atoms with Crippen LogP contribution in [0.3, 0.4) is 0 Å². The maximum absolute atomic E-state index is 14.0. The van der Waals surface area contributed by atoms with E-state index in [-0.39, 0.29) is 17.8 Å². The van der Waals surface area contributed by atoms with Crippen LogP contribution in [-0.4, -0.2) is 30.5 Å². The van der Waals surface area contributed by atoms with Gasteiger partial charge in [0.15, 0.2) is 5.78 Å². The number of fused-ring (bicyclic) bond motifs is 1. The molecular formula is C25H23NO4. The molecule has 0 fully saturated rings. The van der Waals surface area contributed by atoms with Gasteiger partial charge in [0.1, 0.15) is 11.3 Å². The Bertz CT molecular complexity index is 1090. The molecule has 3 aromatic carbocycles. The van der Waals surface area contributed by atoms with Crippen molar-refractivity contribution in [2.75, 3.05) is 13.7 Å². The molecule has 0 bridgehead atoms. The van der Waals surface area contributed by atoms with E-state index in [1.165, 1.54) is 13.2 Å². The Hall–Kier alpha value is -3.44. The Morgan fingerprint density at radius 1 is 1.00 bits per heavy atom. The lowest BCUT2D eigenvalue weighted by molar-refractivity contribution is -0.123. The summed E-state index contributed by atoms with van der Waals surface area (Å²) in [6.07, 6.45) is 0.924. The lowest BCUT2D eigenvalue weighted by Crippen LogP contribution is -2.55. The standard InChI is InChI=1S/C25H23NO4/c1-30-21-13-7-11-19(24(28)29)23(21)25(22(27)16-17-8-3-2-4-9-17)20-12-6-5-10-18(20)14-15-26-25/h2-13,26H,14-16H2,1H3,(H,28,29). The second-order valence-electron chi connectivity index (χ2n) is 7.36. The minimum absolute atomic E-state index is 0.0555. The van der Waals surface area contributed by atoms with Crippen molar-refractivity contribution in [1.29, 1.82) is 0 Å². The number of carboxylic acid groups (broad SMARTS) is 1. The van der Waals surface area contributed by atoms with Crippen LogP contribution in [0.2, 0.25) is 0 Å². The van der Waals surface area contributed by atoms with E-state index < -0.39 is 11.5 Å². The minimum atomic E-state index is -1.31. The average Bonchev–Trinajstić information content (AvgIpc) is 2.78. The predicted octanol–water partition coefficient (Wildman–Crippen LogP) is 3.59. The number of carboxylic acids is 1. The third-order valence-corrected chi connectivity index (χ3v) is 5.68. The lowest BCUT2D eigenvalue weighted by atomic mass is 9.71. The molecule has 2 N–H and O–H groups in total. The fourth-order valence-corrected chi connectivity index (χ4v) is 4.38. The first kappa shape index (κ1) is 19.9. The molecule has 4 rings (SSSR count). The van der Waals surface area contributed by atoms with Gasteiger partial charge in [-0.25, -0.2) is 4.79 Å². The van der Waals surface area contributed by atoms with Gasteiger partial charge in [-0.2, -0.15) is 0 Å². The SMILES string of the molecule is COc1cccc(C(=O)O)c1C1(C(=O)Cc2ccccc2)NCCc2ccccc21. The van der Waals surface area contributed by atoms with Crippen LogP contribution >= 0.6 is 0 Å². The van der Waals surface area contributed by atoms with Crippen molar-refractivity contribution in [3.05, 3.63) is 101 Å². The monoisotopic (exact) mass is 401 g/mol. The van der Waals surface area contributed by atoms with E-state index in [9.17, 15) is 14.7 Å². The van der Waals surface area contributed by atoms with Crippen molar-refractivity contribution < 1.29 is 19.4 Å². The molecule has 5 heteroatoms. The van der Waals surface area contributed by atoms with Crippen LogP contribution in [0.5, 0.6) is 5.75 Å². The van der Waals surface area contributed by atoms with Gasteiger partial charge in [0.2, 0.25) is 0 Å². The number of rotatable bonds is 6. The zero-order chi connectivity index (χ0) is 21.1. The number of aromatic carboxylic acids is 1. The molecule has 0 spiro atoms. The fraction of sp³-hybridized carbons (Fsp3) is 0.200. The van der Waals surface area contributed by atoms with Gasteiger partial charge in [-0.15, -0.1) is 0 Å². The molecule has 1 unspecified atom stereocenters. The number of benzene rings is 3. The van der Waals surface area contributed by atoms with Crippen LogP contribution < -0.4 is 10.1 Å². The van der Waals surface area contributed by atoms with E-state index in [1.54, 1.807) is 12.1 Å². The van der Waals surface area contributed by atoms with Gasteiger partial charge in [-0.05, 0) is 35.2 Å². The van der Waals surface area contributed by atoms with Gasteiger partial charge >= 0.3 is 5.97 Å². The molecule has 152 valence electrons. The van der Waals surface area contributed by atoms with E-state index >= 15 is 0 Å².